The molecular formula is C19H18N2O2S. The van der Waals surface area contributed by atoms with Gasteiger partial charge in [0.15, 0.2) is 0 Å². The van der Waals surface area contributed by atoms with Crippen molar-refractivity contribution >= 4 is 23.0 Å². The number of hydrogen-bond donors (Lipinski definition) is 1. The lowest BCUT2D eigenvalue weighted by molar-refractivity contribution is 0.300. The van der Waals surface area contributed by atoms with Crippen molar-refractivity contribution in [3.05, 3.63) is 57.7 Å². The first-order chi connectivity index (χ1) is 11.6. The molecule has 1 aromatic carbocycles. The molecule has 0 atom stereocenters. The van der Waals surface area contributed by atoms with Crippen LogP contribution in [0.2, 0.25) is 0 Å². The highest BCUT2D eigenvalue weighted by atomic mass is 32.1. The van der Waals surface area contributed by atoms with Crippen molar-refractivity contribution in [2.45, 2.75) is 12.8 Å². The quantitative estimate of drug-likeness (QED) is 0.730. The molecule has 0 bridgehead atoms. The smallest absolute Gasteiger partial charge is 0.258 e. The highest BCUT2D eigenvalue weighted by molar-refractivity contribution is 7.71. The first-order valence-corrected chi connectivity index (χ1v) is 8.48. The number of ether oxygens (including phenoxy) is 1. The van der Waals surface area contributed by atoms with Gasteiger partial charge in [-0.2, -0.15) is 0 Å². The van der Waals surface area contributed by atoms with Crippen molar-refractivity contribution in [3.63, 3.8) is 0 Å². The molecule has 24 heavy (non-hydrogen) atoms. The van der Waals surface area contributed by atoms with Crippen LogP contribution in [0, 0.1) is 10.6 Å². The summed E-state index contributed by atoms with van der Waals surface area (Å²) in [7, 11) is 1.77. The fourth-order valence-electron chi connectivity index (χ4n) is 2.91. The lowest BCUT2D eigenvalue weighted by Crippen LogP contribution is -2.16. The number of aromatic amines is 1. The van der Waals surface area contributed by atoms with Crippen LogP contribution in [0.3, 0.4) is 0 Å². The summed E-state index contributed by atoms with van der Waals surface area (Å²) in [5.74, 6) is 1.44. The van der Waals surface area contributed by atoms with Gasteiger partial charge in [-0.25, -0.2) is 0 Å². The van der Waals surface area contributed by atoms with Crippen LogP contribution < -0.4 is 10.3 Å². The molecule has 5 heteroatoms. The van der Waals surface area contributed by atoms with Crippen molar-refractivity contribution in [1.82, 2.24) is 9.55 Å². The van der Waals surface area contributed by atoms with Crippen LogP contribution in [0.4, 0.5) is 0 Å². The Balaban J connectivity index is 1.93. The molecular weight excluding hydrogens is 320 g/mol. The van der Waals surface area contributed by atoms with Crippen molar-refractivity contribution in [3.8, 4) is 16.9 Å². The van der Waals surface area contributed by atoms with E-state index in [1.54, 1.807) is 11.6 Å². The van der Waals surface area contributed by atoms with E-state index < -0.39 is 0 Å². The Bertz CT molecular complexity index is 1030. The number of H-pyrrole nitrogens is 1. The Morgan fingerprint density at radius 3 is 2.75 bits per heavy atom. The maximum atomic E-state index is 12.4. The summed E-state index contributed by atoms with van der Waals surface area (Å²) in [4.78, 5) is 15.4. The molecule has 0 amide bonds. The largest absolute Gasteiger partial charge is 0.491 e. The first kappa shape index (κ1) is 15.1. The number of aromatic nitrogens is 2. The van der Waals surface area contributed by atoms with E-state index in [2.05, 4.69) is 4.98 Å². The summed E-state index contributed by atoms with van der Waals surface area (Å²) in [5, 5.41) is 1.61. The Hall–Kier alpha value is -2.40. The zero-order chi connectivity index (χ0) is 16.7. The summed E-state index contributed by atoms with van der Waals surface area (Å²) in [6, 6.07) is 9.56. The molecule has 0 aliphatic heterocycles. The predicted octanol–water partition coefficient (Wildman–Crippen LogP) is 4.05. The second kappa shape index (κ2) is 5.91. The summed E-state index contributed by atoms with van der Waals surface area (Å²) >= 11 is 5.31. The highest BCUT2D eigenvalue weighted by Gasteiger charge is 2.23. The van der Waals surface area contributed by atoms with Gasteiger partial charge in [-0.15, -0.1) is 0 Å². The van der Waals surface area contributed by atoms with E-state index >= 15 is 0 Å². The molecule has 1 fully saturated rings. The molecule has 4 rings (SSSR count). The molecule has 0 saturated heterocycles. The molecule has 3 aromatic rings. The van der Waals surface area contributed by atoms with Crippen molar-refractivity contribution in [2.24, 2.45) is 13.0 Å². The minimum Gasteiger partial charge on any atom is -0.491 e. The number of nitrogens with one attached hydrogen (secondary N) is 1. The van der Waals surface area contributed by atoms with Crippen LogP contribution in [0.25, 0.3) is 21.9 Å². The molecule has 0 radical (unpaired) electrons. The van der Waals surface area contributed by atoms with Gasteiger partial charge in [0, 0.05) is 36.0 Å². The van der Waals surface area contributed by atoms with E-state index in [1.807, 2.05) is 42.7 Å². The van der Waals surface area contributed by atoms with Crippen LogP contribution in [-0.4, -0.2) is 16.2 Å². The molecule has 1 aliphatic carbocycles. The average molecular weight is 338 g/mol. The van der Waals surface area contributed by atoms with Gasteiger partial charge in [0.25, 0.3) is 5.56 Å². The number of fused-ring (bicyclic) bond motifs is 1. The van der Waals surface area contributed by atoms with Crippen LogP contribution in [-0.2, 0) is 7.05 Å². The fraction of sp³-hybridized carbons (Fsp3) is 0.263. The van der Waals surface area contributed by atoms with Gasteiger partial charge < -0.3 is 14.3 Å². The third-order valence-corrected chi connectivity index (χ3v) is 4.67. The van der Waals surface area contributed by atoms with Gasteiger partial charge in [0.1, 0.15) is 10.4 Å². The minimum atomic E-state index is -0.00381. The van der Waals surface area contributed by atoms with E-state index in [0.717, 1.165) is 28.9 Å². The topological polar surface area (TPSA) is 47.0 Å². The van der Waals surface area contributed by atoms with Crippen LogP contribution in [0.15, 0.2) is 47.5 Å². The molecule has 0 unspecified atom stereocenters. The monoisotopic (exact) mass is 338 g/mol. The summed E-state index contributed by atoms with van der Waals surface area (Å²) in [6.45, 7) is 0.724. The normalized spacial score (nSPS) is 14.0. The SMILES string of the molecule is Cn1cc(-c2cc(=S)[nH]cc2OCC2CC2)c2ccccc2c1=O. The standard InChI is InChI=1S/C19H18N2O2S/c1-21-10-16(13-4-2-3-5-14(13)19(21)22)15-8-18(24)20-9-17(15)23-11-12-6-7-12/h2-5,8-10,12H,6-7,11H2,1H3,(H,20,24). The van der Waals surface area contributed by atoms with Crippen LogP contribution in [0.5, 0.6) is 5.75 Å². The van der Waals surface area contributed by atoms with E-state index in [4.69, 9.17) is 17.0 Å². The molecule has 1 saturated carbocycles. The van der Waals surface area contributed by atoms with Crippen LogP contribution >= 0.6 is 12.2 Å². The van der Waals surface area contributed by atoms with Crippen LogP contribution in [0.1, 0.15) is 12.8 Å². The summed E-state index contributed by atoms with van der Waals surface area (Å²) in [5.41, 5.74) is 1.88. The van der Waals surface area contributed by atoms with Gasteiger partial charge >= 0.3 is 0 Å². The third kappa shape index (κ3) is 2.76. The molecule has 2 aromatic heterocycles. The molecule has 2 heterocycles. The van der Waals surface area contributed by atoms with E-state index in [0.29, 0.717) is 15.9 Å². The number of pyridine rings is 2. The Morgan fingerprint density at radius 1 is 1.25 bits per heavy atom. The number of rotatable bonds is 4. The first-order valence-electron chi connectivity index (χ1n) is 8.08. The number of aryl methyl sites for hydroxylation is 1. The fourth-order valence-corrected chi connectivity index (χ4v) is 3.09. The molecule has 4 nitrogen and oxygen atoms in total. The molecule has 1 N–H and O–H groups in total. The maximum absolute atomic E-state index is 12.4. The van der Waals surface area contributed by atoms with E-state index in [-0.39, 0.29) is 5.56 Å². The highest BCUT2D eigenvalue weighted by Crippen LogP contribution is 2.35. The number of benzene rings is 1. The van der Waals surface area contributed by atoms with Gasteiger partial charge in [0.2, 0.25) is 0 Å². The van der Waals surface area contributed by atoms with E-state index in [1.165, 1.54) is 12.8 Å². The average Bonchev–Trinajstić information content (AvgIpc) is 3.41. The van der Waals surface area contributed by atoms with Crippen molar-refractivity contribution in [1.29, 1.82) is 0 Å². The zero-order valence-electron chi connectivity index (χ0n) is 13.4. The lowest BCUT2D eigenvalue weighted by Gasteiger charge is -2.14. The van der Waals surface area contributed by atoms with E-state index in [9.17, 15) is 4.79 Å². The molecule has 122 valence electrons. The summed E-state index contributed by atoms with van der Waals surface area (Å²) < 4.78 is 8.28. The second-order valence-electron chi connectivity index (χ2n) is 6.33. The predicted molar refractivity (Wildman–Crippen MR) is 98.0 cm³/mol. The van der Waals surface area contributed by atoms with Gasteiger partial charge in [-0.05, 0) is 36.3 Å². The number of nitrogens with zero attached hydrogens (tertiary/aromatic N) is 1. The number of hydrogen-bond acceptors (Lipinski definition) is 3. The maximum Gasteiger partial charge on any atom is 0.258 e. The Morgan fingerprint density at radius 2 is 2.00 bits per heavy atom. The minimum absolute atomic E-state index is 0.00381. The lowest BCUT2D eigenvalue weighted by atomic mass is 10.0. The Labute approximate surface area is 144 Å². The zero-order valence-corrected chi connectivity index (χ0v) is 14.2. The molecule has 0 spiro atoms. The third-order valence-electron chi connectivity index (χ3n) is 4.44. The van der Waals surface area contributed by atoms with Gasteiger partial charge in [-0.3, -0.25) is 4.79 Å². The van der Waals surface area contributed by atoms with Gasteiger partial charge in [-0.1, -0.05) is 30.4 Å². The van der Waals surface area contributed by atoms with Gasteiger partial charge in [0.05, 0.1) is 6.61 Å². The Kier molecular flexibility index (Phi) is 3.73. The molecule has 1 aliphatic rings. The summed E-state index contributed by atoms with van der Waals surface area (Å²) in [6.07, 6.45) is 6.15. The van der Waals surface area contributed by atoms with Crippen molar-refractivity contribution < 1.29 is 4.74 Å². The van der Waals surface area contributed by atoms with Crippen molar-refractivity contribution in [2.75, 3.05) is 6.61 Å². The second-order valence-corrected chi connectivity index (χ2v) is 6.77.